The van der Waals surface area contributed by atoms with E-state index in [4.69, 9.17) is 23.2 Å². The summed E-state index contributed by atoms with van der Waals surface area (Å²) in [5.74, 6) is 0. The lowest BCUT2D eigenvalue weighted by Gasteiger charge is -2.08. The van der Waals surface area contributed by atoms with Crippen molar-refractivity contribution in [2.24, 2.45) is 4.99 Å². The molecular weight excluding hydrogens is 285 g/mol. The highest BCUT2D eigenvalue weighted by Crippen LogP contribution is 2.37. The van der Waals surface area contributed by atoms with E-state index in [1.54, 1.807) is 12.1 Å². The second-order valence-electron chi connectivity index (χ2n) is 3.56. The average Bonchev–Trinajstić information content (AvgIpc) is 2.37. The molecule has 0 spiro atoms. The van der Waals surface area contributed by atoms with Gasteiger partial charge in [0.15, 0.2) is 0 Å². The van der Waals surface area contributed by atoms with Crippen molar-refractivity contribution in [2.75, 3.05) is 0 Å². The Hall–Kier alpha value is -1.22. The molecular formula is C14H9Cl2NS. The van der Waals surface area contributed by atoms with E-state index in [0.717, 1.165) is 11.1 Å². The third kappa shape index (κ3) is 2.96. The van der Waals surface area contributed by atoms with Gasteiger partial charge in [-0.05, 0) is 17.7 Å². The summed E-state index contributed by atoms with van der Waals surface area (Å²) >= 11 is 17.2. The number of nitrogens with zero attached hydrogens (tertiary/aromatic N) is 1. The van der Waals surface area contributed by atoms with Crippen LogP contribution in [0, 0.1) is 0 Å². The number of hydrogen-bond acceptors (Lipinski definition) is 2. The van der Waals surface area contributed by atoms with Crippen LogP contribution in [0.3, 0.4) is 0 Å². The van der Waals surface area contributed by atoms with E-state index in [0.29, 0.717) is 15.7 Å². The number of aliphatic imine (C=N–C) groups is 1. The molecule has 0 fully saturated rings. The minimum Gasteiger partial charge on any atom is -0.256 e. The van der Waals surface area contributed by atoms with E-state index in [1.807, 2.05) is 30.3 Å². The van der Waals surface area contributed by atoms with Gasteiger partial charge in [0.25, 0.3) is 0 Å². The predicted octanol–water partition coefficient (Wildman–Crippen LogP) is 5.36. The molecule has 90 valence electrons. The van der Waals surface area contributed by atoms with Gasteiger partial charge in [-0.3, -0.25) is 4.99 Å². The number of thiocarbonyl (C=S) groups is 1. The number of hydrogen-bond donors (Lipinski definition) is 0. The minimum atomic E-state index is 0.574. The zero-order chi connectivity index (χ0) is 13.0. The molecule has 0 N–H and O–H groups in total. The minimum absolute atomic E-state index is 0.574. The molecule has 0 amide bonds. The van der Waals surface area contributed by atoms with Crippen LogP contribution in [0.2, 0.25) is 10.0 Å². The average molecular weight is 294 g/mol. The van der Waals surface area contributed by atoms with Crippen LogP contribution >= 0.6 is 35.4 Å². The molecule has 1 nitrogen and oxygen atoms in total. The first-order chi connectivity index (χ1) is 8.72. The van der Waals surface area contributed by atoms with Crippen LogP contribution in [-0.4, -0.2) is 11.6 Å². The maximum atomic E-state index is 6.25. The van der Waals surface area contributed by atoms with E-state index < -0.39 is 0 Å². The second kappa shape index (κ2) is 6.10. The van der Waals surface area contributed by atoms with Crippen molar-refractivity contribution in [2.45, 2.75) is 0 Å². The lowest BCUT2D eigenvalue weighted by Crippen LogP contribution is -1.82. The van der Waals surface area contributed by atoms with Crippen LogP contribution in [0.15, 0.2) is 47.5 Å². The Morgan fingerprint density at radius 2 is 1.61 bits per heavy atom. The summed E-state index contributed by atoms with van der Waals surface area (Å²) in [5.41, 5.74) is 2.49. The summed E-state index contributed by atoms with van der Waals surface area (Å²) in [5, 5.41) is 2.59. The summed E-state index contributed by atoms with van der Waals surface area (Å²) in [4.78, 5) is 4.13. The lowest BCUT2D eigenvalue weighted by molar-refractivity contribution is 1.53. The number of benzene rings is 2. The van der Waals surface area contributed by atoms with E-state index in [9.17, 15) is 0 Å². The molecule has 0 aliphatic heterocycles. The quantitative estimate of drug-likeness (QED) is 0.548. The first-order valence-corrected chi connectivity index (χ1v) is 6.47. The molecule has 0 aliphatic rings. The first kappa shape index (κ1) is 13.2. The Balaban J connectivity index is 2.51. The Morgan fingerprint density at radius 3 is 2.17 bits per heavy atom. The van der Waals surface area contributed by atoms with E-state index in [1.165, 1.54) is 11.6 Å². The molecule has 0 saturated heterocycles. The SMILES string of the molecule is S=CC=Nc1cc(Cl)c(-c2ccccc2)c(Cl)c1. The van der Waals surface area contributed by atoms with Gasteiger partial charge >= 0.3 is 0 Å². The van der Waals surface area contributed by atoms with E-state index >= 15 is 0 Å². The summed E-state index contributed by atoms with van der Waals surface area (Å²) < 4.78 is 0. The second-order valence-corrected chi connectivity index (χ2v) is 4.65. The van der Waals surface area contributed by atoms with Crippen LogP contribution in [0.4, 0.5) is 5.69 Å². The van der Waals surface area contributed by atoms with Crippen molar-refractivity contribution in [1.29, 1.82) is 0 Å². The molecule has 0 heterocycles. The summed E-state index contributed by atoms with van der Waals surface area (Å²) in [7, 11) is 0. The molecule has 0 saturated carbocycles. The van der Waals surface area contributed by atoms with Crippen molar-refractivity contribution >= 4 is 52.7 Å². The molecule has 0 atom stereocenters. The van der Waals surface area contributed by atoms with Crippen LogP contribution in [0.1, 0.15) is 0 Å². The Kier molecular flexibility index (Phi) is 4.48. The van der Waals surface area contributed by atoms with Gasteiger partial charge in [-0.25, -0.2) is 0 Å². The van der Waals surface area contributed by atoms with E-state index in [-0.39, 0.29) is 0 Å². The van der Waals surface area contributed by atoms with Crippen molar-refractivity contribution in [3.63, 3.8) is 0 Å². The van der Waals surface area contributed by atoms with Gasteiger partial charge in [0.2, 0.25) is 0 Å². The summed E-state index contributed by atoms with van der Waals surface area (Å²) in [6, 6.07) is 13.3. The molecule has 18 heavy (non-hydrogen) atoms. The van der Waals surface area contributed by atoms with Crippen LogP contribution in [-0.2, 0) is 0 Å². The smallest absolute Gasteiger partial charge is 0.0660 e. The van der Waals surface area contributed by atoms with Gasteiger partial charge in [-0.1, -0.05) is 65.8 Å². The molecule has 2 aromatic rings. The summed E-state index contributed by atoms with van der Waals surface area (Å²) in [6.45, 7) is 0. The molecule has 0 aromatic heterocycles. The lowest BCUT2D eigenvalue weighted by atomic mass is 10.1. The van der Waals surface area contributed by atoms with Crippen molar-refractivity contribution < 1.29 is 0 Å². The largest absolute Gasteiger partial charge is 0.256 e. The topological polar surface area (TPSA) is 12.4 Å². The van der Waals surface area contributed by atoms with Gasteiger partial charge in [-0.15, -0.1) is 0 Å². The normalized spacial score (nSPS) is 10.8. The van der Waals surface area contributed by atoms with Gasteiger partial charge in [-0.2, -0.15) is 0 Å². The Morgan fingerprint density at radius 1 is 1.00 bits per heavy atom. The van der Waals surface area contributed by atoms with Gasteiger partial charge in [0, 0.05) is 17.1 Å². The van der Waals surface area contributed by atoms with Gasteiger partial charge in [0.05, 0.1) is 15.7 Å². The fourth-order valence-electron chi connectivity index (χ4n) is 1.63. The Bertz CT molecular complexity index is 571. The highest BCUT2D eigenvalue weighted by atomic mass is 35.5. The molecule has 0 radical (unpaired) electrons. The van der Waals surface area contributed by atoms with Crippen LogP contribution in [0.25, 0.3) is 11.1 Å². The monoisotopic (exact) mass is 293 g/mol. The third-order valence-electron chi connectivity index (χ3n) is 2.37. The van der Waals surface area contributed by atoms with Gasteiger partial charge in [0.1, 0.15) is 0 Å². The Labute approximate surface area is 121 Å². The first-order valence-electron chi connectivity index (χ1n) is 5.24. The molecule has 0 unspecified atom stereocenters. The highest BCUT2D eigenvalue weighted by Gasteiger charge is 2.09. The third-order valence-corrected chi connectivity index (χ3v) is 3.09. The fraction of sp³-hybridized carbons (Fsp3) is 0. The number of halogens is 2. The number of rotatable bonds is 3. The maximum absolute atomic E-state index is 6.25. The van der Waals surface area contributed by atoms with Crippen molar-refractivity contribution in [3.8, 4) is 11.1 Å². The van der Waals surface area contributed by atoms with Crippen molar-refractivity contribution in [3.05, 3.63) is 52.5 Å². The zero-order valence-electron chi connectivity index (χ0n) is 9.31. The zero-order valence-corrected chi connectivity index (χ0v) is 11.6. The fourth-order valence-corrected chi connectivity index (χ4v) is 2.39. The summed E-state index contributed by atoms with van der Waals surface area (Å²) in [6.07, 6.45) is 1.53. The molecule has 2 rings (SSSR count). The van der Waals surface area contributed by atoms with E-state index in [2.05, 4.69) is 17.2 Å². The molecule has 0 bridgehead atoms. The predicted molar refractivity (Wildman–Crippen MR) is 83.7 cm³/mol. The highest BCUT2D eigenvalue weighted by molar-refractivity contribution is 7.80. The van der Waals surface area contributed by atoms with Crippen molar-refractivity contribution in [1.82, 2.24) is 0 Å². The maximum Gasteiger partial charge on any atom is 0.0660 e. The standard InChI is InChI=1S/C14H9Cl2NS/c15-12-8-11(17-6-7-18)9-13(16)14(12)10-4-2-1-3-5-10/h1-9H. The molecule has 2 aromatic carbocycles. The molecule has 4 heteroatoms. The van der Waals surface area contributed by atoms with Gasteiger partial charge < -0.3 is 0 Å². The van der Waals surface area contributed by atoms with Crippen LogP contribution < -0.4 is 0 Å². The van der Waals surface area contributed by atoms with Crippen LogP contribution in [0.5, 0.6) is 0 Å². The molecule has 0 aliphatic carbocycles.